The minimum Gasteiger partial charge on any atom is -0.384 e. The quantitative estimate of drug-likeness (QED) is 0.725. The smallest absolute Gasteiger partial charge is 0.180 e. The number of hydrogen-bond acceptors (Lipinski definition) is 4. The lowest BCUT2D eigenvalue weighted by molar-refractivity contribution is 1.31. The maximum Gasteiger partial charge on any atom is 0.180 e. The van der Waals surface area contributed by atoms with Crippen molar-refractivity contribution in [2.24, 2.45) is 0 Å². The topological polar surface area (TPSA) is 67.6 Å². The van der Waals surface area contributed by atoms with Crippen LogP contribution in [0.2, 0.25) is 0 Å². The summed E-state index contributed by atoms with van der Waals surface area (Å²) in [5.41, 5.74) is 8.20. The van der Waals surface area contributed by atoms with Crippen LogP contribution in [-0.2, 0) is 0 Å². The van der Waals surface area contributed by atoms with Crippen LogP contribution in [0.5, 0.6) is 0 Å². The number of anilines is 1. The van der Waals surface area contributed by atoms with Crippen LogP contribution in [0.25, 0.3) is 22.6 Å². The molecule has 3 rings (SSSR count). The van der Waals surface area contributed by atoms with Crippen LogP contribution in [-0.4, -0.2) is 15.0 Å². The molecule has 16 heavy (non-hydrogen) atoms. The van der Waals surface area contributed by atoms with Crippen molar-refractivity contribution in [3.63, 3.8) is 0 Å². The molecule has 0 radical (unpaired) electrons. The summed E-state index contributed by atoms with van der Waals surface area (Å²) in [5, 5.41) is 2.03. The third kappa shape index (κ3) is 1.60. The summed E-state index contributed by atoms with van der Waals surface area (Å²) in [6, 6.07) is 5.66. The van der Waals surface area contributed by atoms with Gasteiger partial charge in [0.25, 0.3) is 0 Å². The lowest BCUT2D eigenvalue weighted by Gasteiger charge is -1.88. The molecule has 0 saturated carbocycles. The number of H-pyrrole nitrogens is 1. The van der Waals surface area contributed by atoms with E-state index < -0.39 is 0 Å². The van der Waals surface area contributed by atoms with Crippen molar-refractivity contribution in [3.05, 3.63) is 27.4 Å². The van der Waals surface area contributed by atoms with Gasteiger partial charge in [-0.15, -0.1) is 11.3 Å². The lowest BCUT2D eigenvalue weighted by atomic mass is 10.3. The van der Waals surface area contributed by atoms with Crippen LogP contribution in [0.1, 0.15) is 0 Å². The van der Waals surface area contributed by atoms with E-state index in [0.717, 1.165) is 20.7 Å². The van der Waals surface area contributed by atoms with Crippen molar-refractivity contribution in [1.82, 2.24) is 15.0 Å². The summed E-state index contributed by atoms with van der Waals surface area (Å²) in [7, 11) is 0. The second kappa shape index (κ2) is 3.57. The number of halogens is 1. The maximum absolute atomic E-state index is 5.61. The number of aromatic amines is 1. The number of pyridine rings is 1. The molecular formula is C10H7BrN4S. The first-order valence-electron chi connectivity index (χ1n) is 4.59. The molecule has 0 aliphatic heterocycles. The zero-order valence-electron chi connectivity index (χ0n) is 8.07. The Kier molecular flexibility index (Phi) is 2.19. The lowest BCUT2D eigenvalue weighted by Crippen LogP contribution is -1.88. The SMILES string of the molecule is Nc1ccc2[nH]c(-c3csc(Br)c3)nc2n1. The first kappa shape index (κ1) is 9.80. The van der Waals surface area contributed by atoms with Crippen LogP contribution in [0.3, 0.4) is 0 Å². The van der Waals surface area contributed by atoms with Gasteiger partial charge in [0.15, 0.2) is 5.65 Å². The normalized spacial score (nSPS) is 11.1. The van der Waals surface area contributed by atoms with Crippen molar-refractivity contribution in [1.29, 1.82) is 0 Å². The van der Waals surface area contributed by atoms with Gasteiger partial charge in [0.05, 0.1) is 9.30 Å². The average Bonchev–Trinajstić information content (AvgIpc) is 2.83. The number of nitrogen functional groups attached to an aromatic ring is 1. The third-order valence-electron chi connectivity index (χ3n) is 2.21. The molecule has 0 aliphatic carbocycles. The van der Waals surface area contributed by atoms with E-state index in [2.05, 4.69) is 30.9 Å². The molecule has 0 spiro atoms. The Morgan fingerprint density at radius 1 is 1.31 bits per heavy atom. The number of fused-ring (bicyclic) bond motifs is 1. The summed E-state index contributed by atoms with van der Waals surface area (Å²) < 4.78 is 1.08. The van der Waals surface area contributed by atoms with Crippen LogP contribution in [0, 0.1) is 0 Å². The van der Waals surface area contributed by atoms with Crippen LogP contribution in [0.4, 0.5) is 5.82 Å². The first-order chi connectivity index (χ1) is 7.72. The Morgan fingerprint density at radius 2 is 2.19 bits per heavy atom. The number of rotatable bonds is 1. The number of aromatic nitrogens is 3. The van der Waals surface area contributed by atoms with Gasteiger partial charge in [0.1, 0.15) is 11.6 Å². The molecule has 0 saturated heterocycles. The van der Waals surface area contributed by atoms with E-state index in [1.807, 2.05) is 17.5 Å². The number of thiophene rings is 1. The van der Waals surface area contributed by atoms with E-state index in [1.54, 1.807) is 17.4 Å². The van der Waals surface area contributed by atoms with Crippen LogP contribution < -0.4 is 5.73 Å². The molecule has 3 N–H and O–H groups in total. The number of hydrogen-bond donors (Lipinski definition) is 2. The molecule has 80 valence electrons. The second-order valence-electron chi connectivity index (χ2n) is 3.33. The van der Waals surface area contributed by atoms with Gasteiger partial charge >= 0.3 is 0 Å². The molecule has 3 aromatic rings. The first-order valence-corrected chi connectivity index (χ1v) is 6.26. The van der Waals surface area contributed by atoms with E-state index in [-0.39, 0.29) is 0 Å². The second-order valence-corrected chi connectivity index (χ2v) is 5.62. The van der Waals surface area contributed by atoms with E-state index in [1.165, 1.54) is 0 Å². The largest absolute Gasteiger partial charge is 0.384 e. The molecule has 3 heterocycles. The number of nitrogens with two attached hydrogens (primary N) is 1. The number of nitrogens with one attached hydrogen (secondary N) is 1. The Bertz CT molecular complexity index is 658. The minimum absolute atomic E-state index is 0.483. The summed E-state index contributed by atoms with van der Waals surface area (Å²) in [6.45, 7) is 0. The van der Waals surface area contributed by atoms with Gasteiger partial charge in [0, 0.05) is 10.9 Å². The van der Waals surface area contributed by atoms with E-state index in [4.69, 9.17) is 5.73 Å². The van der Waals surface area contributed by atoms with Crippen LogP contribution in [0.15, 0.2) is 27.4 Å². The minimum atomic E-state index is 0.483. The van der Waals surface area contributed by atoms with Gasteiger partial charge in [0.2, 0.25) is 0 Å². The van der Waals surface area contributed by atoms with Crippen molar-refractivity contribution in [2.75, 3.05) is 5.73 Å². The molecule has 3 aromatic heterocycles. The van der Waals surface area contributed by atoms with Gasteiger partial charge in [-0.1, -0.05) is 0 Å². The number of imidazole rings is 1. The predicted molar refractivity (Wildman–Crippen MR) is 69.3 cm³/mol. The fraction of sp³-hybridized carbons (Fsp3) is 0. The van der Waals surface area contributed by atoms with Gasteiger partial charge < -0.3 is 10.7 Å². The molecular weight excluding hydrogens is 288 g/mol. The monoisotopic (exact) mass is 294 g/mol. The number of nitrogens with zero attached hydrogens (tertiary/aromatic N) is 2. The van der Waals surface area contributed by atoms with E-state index >= 15 is 0 Å². The van der Waals surface area contributed by atoms with Crippen molar-refractivity contribution >= 4 is 44.2 Å². The summed E-state index contributed by atoms with van der Waals surface area (Å²) in [6.07, 6.45) is 0. The van der Waals surface area contributed by atoms with E-state index in [9.17, 15) is 0 Å². The fourth-order valence-electron chi connectivity index (χ4n) is 1.48. The highest BCUT2D eigenvalue weighted by Crippen LogP contribution is 2.28. The average molecular weight is 295 g/mol. The Labute approximate surface area is 104 Å². The zero-order valence-corrected chi connectivity index (χ0v) is 10.5. The predicted octanol–water partition coefficient (Wildman–Crippen LogP) is 3.03. The molecule has 0 aromatic carbocycles. The maximum atomic E-state index is 5.61. The molecule has 0 unspecified atom stereocenters. The van der Waals surface area contributed by atoms with Crippen molar-refractivity contribution in [2.45, 2.75) is 0 Å². The van der Waals surface area contributed by atoms with Gasteiger partial charge in [-0.05, 0) is 34.1 Å². The highest BCUT2D eigenvalue weighted by atomic mass is 79.9. The van der Waals surface area contributed by atoms with Crippen molar-refractivity contribution < 1.29 is 0 Å². The van der Waals surface area contributed by atoms with Crippen molar-refractivity contribution in [3.8, 4) is 11.4 Å². The summed E-state index contributed by atoms with van der Waals surface area (Å²) in [4.78, 5) is 11.8. The van der Waals surface area contributed by atoms with Gasteiger partial charge in [-0.25, -0.2) is 9.97 Å². The zero-order chi connectivity index (χ0) is 11.1. The third-order valence-corrected chi connectivity index (χ3v) is 3.71. The van der Waals surface area contributed by atoms with E-state index in [0.29, 0.717) is 11.5 Å². The molecule has 0 aliphatic rings. The fourth-order valence-corrected chi connectivity index (χ4v) is 2.62. The molecule has 0 bridgehead atoms. The Morgan fingerprint density at radius 3 is 2.94 bits per heavy atom. The van der Waals surface area contributed by atoms with Crippen LogP contribution >= 0.6 is 27.3 Å². The van der Waals surface area contributed by atoms with Gasteiger partial charge in [-0.3, -0.25) is 0 Å². The molecule has 0 atom stereocenters. The molecule has 6 heteroatoms. The van der Waals surface area contributed by atoms with Gasteiger partial charge in [-0.2, -0.15) is 0 Å². The molecule has 4 nitrogen and oxygen atoms in total. The highest BCUT2D eigenvalue weighted by Gasteiger charge is 2.07. The molecule has 0 amide bonds. The molecule has 0 fully saturated rings. The summed E-state index contributed by atoms with van der Waals surface area (Å²) >= 11 is 5.05. The standard InChI is InChI=1S/C10H7BrN4S/c11-7-3-5(4-16-7)9-13-6-1-2-8(12)14-10(6)15-9/h1-4H,(H3,12,13,14,15). The Hall–Kier alpha value is -1.40. The summed E-state index contributed by atoms with van der Waals surface area (Å²) in [5.74, 6) is 1.30. The Balaban J connectivity index is 2.18. The highest BCUT2D eigenvalue weighted by molar-refractivity contribution is 9.11.